The Balaban J connectivity index is 1.99. The molecule has 0 aliphatic carbocycles. The standard InChI is InChI=1S/C19H21N3O5S/c1-13(21-28-17-11-7-6-10-16(17)22(25)26)18(23)20-15(19(24)27-2)12-14-8-4-3-5-9-14/h3-11,13,15,21H,12H2,1-2H3,(H,20,23). The fourth-order valence-electron chi connectivity index (χ4n) is 2.38. The van der Waals surface area contributed by atoms with Crippen molar-refractivity contribution in [2.45, 2.75) is 30.3 Å². The van der Waals surface area contributed by atoms with Gasteiger partial charge in [-0.25, -0.2) is 9.52 Å². The number of carbonyl (C=O) groups excluding carboxylic acids is 2. The summed E-state index contributed by atoms with van der Waals surface area (Å²) < 4.78 is 7.65. The molecule has 0 bridgehead atoms. The first-order valence-electron chi connectivity index (χ1n) is 8.50. The molecule has 0 spiro atoms. The number of esters is 1. The van der Waals surface area contributed by atoms with Crippen LogP contribution in [0.5, 0.6) is 0 Å². The summed E-state index contributed by atoms with van der Waals surface area (Å²) in [7, 11) is 1.26. The number of nitrogens with one attached hydrogen (secondary N) is 2. The summed E-state index contributed by atoms with van der Waals surface area (Å²) in [6.07, 6.45) is 0.295. The van der Waals surface area contributed by atoms with Crippen LogP contribution in [0.3, 0.4) is 0 Å². The highest BCUT2D eigenvalue weighted by Crippen LogP contribution is 2.26. The Morgan fingerprint density at radius 3 is 2.43 bits per heavy atom. The third-order valence-electron chi connectivity index (χ3n) is 3.89. The van der Waals surface area contributed by atoms with E-state index < -0.39 is 28.9 Å². The van der Waals surface area contributed by atoms with E-state index in [-0.39, 0.29) is 5.69 Å². The molecule has 8 nitrogen and oxygen atoms in total. The summed E-state index contributed by atoms with van der Waals surface area (Å²) in [6.45, 7) is 1.61. The van der Waals surface area contributed by atoms with Crippen LogP contribution in [0.1, 0.15) is 12.5 Å². The van der Waals surface area contributed by atoms with E-state index in [1.54, 1.807) is 25.1 Å². The quantitative estimate of drug-likeness (QED) is 0.286. The molecule has 0 saturated heterocycles. The van der Waals surface area contributed by atoms with Crippen LogP contribution in [-0.4, -0.2) is 36.0 Å². The van der Waals surface area contributed by atoms with Gasteiger partial charge in [-0.1, -0.05) is 42.5 Å². The van der Waals surface area contributed by atoms with Crippen molar-refractivity contribution >= 4 is 29.5 Å². The number of nitro groups is 1. The number of rotatable bonds is 9. The molecule has 0 heterocycles. The van der Waals surface area contributed by atoms with Gasteiger partial charge in [0.15, 0.2) is 0 Å². The predicted octanol–water partition coefficient (Wildman–Crippen LogP) is 2.48. The number of amides is 1. The van der Waals surface area contributed by atoms with Gasteiger partial charge < -0.3 is 10.1 Å². The van der Waals surface area contributed by atoms with Gasteiger partial charge in [-0.3, -0.25) is 14.9 Å². The van der Waals surface area contributed by atoms with Crippen molar-refractivity contribution in [3.63, 3.8) is 0 Å². The van der Waals surface area contributed by atoms with Gasteiger partial charge in [-0.05, 0) is 30.5 Å². The number of hydrogen-bond acceptors (Lipinski definition) is 7. The summed E-state index contributed by atoms with van der Waals surface area (Å²) in [5.74, 6) is -0.965. The third-order valence-corrected chi connectivity index (χ3v) is 4.92. The molecule has 2 N–H and O–H groups in total. The first kappa shape index (κ1) is 21.4. The van der Waals surface area contributed by atoms with Crippen molar-refractivity contribution in [1.82, 2.24) is 10.0 Å². The molecule has 9 heteroatoms. The molecule has 0 fully saturated rings. The summed E-state index contributed by atoms with van der Waals surface area (Å²) in [5.41, 5.74) is 0.831. The number of methoxy groups -OCH3 is 1. The van der Waals surface area contributed by atoms with Crippen molar-refractivity contribution in [3.8, 4) is 0 Å². The van der Waals surface area contributed by atoms with Gasteiger partial charge in [0.25, 0.3) is 5.69 Å². The number of nitrogens with zero attached hydrogens (tertiary/aromatic N) is 1. The average molecular weight is 403 g/mol. The van der Waals surface area contributed by atoms with Gasteiger partial charge in [0.2, 0.25) is 5.91 Å². The highest BCUT2D eigenvalue weighted by atomic mass is 32.2. The number of hydrogen-bond donors (Lipinski definition) is 2. The summed E-state index contributed by atoms with van der Waals surface area (Å²) in [4.78, 5) is 35.5. The molecule has 28 heavy (non-hydrogen) atoms. The molecule has 0 aliphatic rings. The van der Waals surface area contributed by atoms with E-state index in [0.29, 0.717) is 11.3 Å². The van der Waals surface area contributed by atoms with Crippen LogP contribution in [0, 0.1) is 10.1 Å². The summed E-state index contributed by atoms with van der Waals surface area (Å²) in [6, 6.07) is 14.0. The van der Waals surface area contributed by atoms with E-state index in [4.69, 9.17) is 4.74 Å². The first-order chi connectivity index (χ1) is 13.4. The lowest BCUT2D eigenvalue weighted by Crippen LogP contribution is -2.49. The zero-order valence-electron chi connectivity index (χ0n) is 15.5. The van der Waals surface area contributed by atoms with E-state index >= 15 is 0 Å². The molecule has 0 aliphatic heterocycles. The third kappa shape index (κ3) is 6.07. The maximum Gasteiger partial charge on any atom is 0.328 e. The first-order valence-corrected chi connectivity index (χ1v) is 9.32. The van der Waals surface area contributed by atoms with Gasteiger partial charge in [0.05, 0.1) is 18.1 Å². The monoisotopic (exact) mass is 403 g/mol. The van der Waals surface area contributed by atoms with Gasteiger partial charge in [0, 0.05) is 12.5 Å². The number of ether oxygens (including phenoxy) is 1. The Labute approximate surface area is 166 Å². The minimum Gasteiger partial charge on any atom is -0.467 e. The highest BCUT2D eigenvalue weighted by molar-refractivity contribution is 7.97. The van der Waals surface area contributed by atoms with Crippen LogP contribution in [0.25, 0.3) is 0 Å². The smallest absolute Gasteiger partial charge is 0.328 e. The molecular formula is C19H21N3O5S. The second-order valence-corrected chi connectivity index (χ2v) is 6.82. The molecule has 2 unspecified atom stereocenters. The van der Waals surface area contributed by atoms with Crippen LogP contribution < -0.4 is 10.0 Å². The fourth-order valence-corrected chi connectivity index (χ4v) is 3.19. The zero-order chi connectivity index (χ0) is 20.5. The molecule has 2 rings (SSSR count). The van der Waals surface area contributed by atoms with Crippen molar-refractivity contribution in [2.24, 2.45) is 0 Å². The van der Waals surface area contributed by atoms with Crippen LogP contribution in [-0.2, 0) is 20.7 Å². The van der Waals surface area contributed by atoms with Gasteiger partial charge in [0.1, 0.15) is 10.9 Å². The van der Waals surface area contributed by atoms with E-state index in [1.165, 1.54) is 13.2 Å². The van der Waals surface area contributed by atoms with Crippen LogP contribution >= 0.6 is 11.9 Å². The maximum absolute atomic E-state index is 12.5. The number of benzene rings is 2. The second-order valence-electron chi connectivity index (χ2n) is 5.94. The van der Waals surface area contributed by atoms with E-state index in [0.717, 1.165) is 17.5 Å². The van der Waals surface area contributed by atoms with Gasteiger partial charge >= 0.3 is 5.97 Å². The molecule has 2 atom stereocenters. The second kappa shape index (κ2) is 10.4. The van der Waals surface area contributed by atoms with Crippen molar-refractivity contribution in [2.75, 3.05) is 7.11 Å². The SMILES string of the molecule is COC(=O)C(Cc1ccccc1)NC(=O)C(C)NSc1ccccc1[N+](=O)[O-]. The average Bonchev–Trinajstić information content (AvgIpc) is 2.71. The van der Waals surface area contributed by atoms with Crippen LogP contribution in [0.4, 0.5) is 5.69 Å². The molecule has 148 valence electrons. The summed E-state index contributed by atoms with van der Waals surface area (Å²) >= 11 is 0.988. The molecule has 2 aromatic carbocycles. The number of para-hydroxylation sites is 1. The molecule has 1 amide bonds. The molecule has 2 aromatic rings. The van der Waals surface area contributed by atoms with Crippen molar-refractivity contribution < 1.29 is 19.2 Å². The van der Waals surface area contributed by atoms with E-state index in [1.807, 2.05) is 30.3 Å². The Morgan fingerprint density at radius 1 is 1.14 bits per heavy atom. The Morgan fingerprint density at radius 2 is 1.79 bits per heavy atom. The largest absolute Gasteiger partial charge is 0.467 e. The maximum atomic E-state index is 12.5. The minimum absolute atomic E-state index is 0.0517. The minimum atomic E-state index is -0.833. The highest BCUT2D eigenvalue weighted by Gasteiger charge is 2.25. The fraction of sp³-hybridized carbons (Fsp3) is 0.263. The van der Waals surface area contributed by atoms with Crippen molar-refractivity contribution in [1.29, 1.82) is 0 Å². The summed E-state index contributed by atoms with van der Waals surface area (Å²) in [5, 5.41) is 13.7. The van der Waals surface area contributed by atoms with E-state index in [2.05, 4.69) is 10.0 Å². The van der Waals surface area contributed by atoms with Crippen LogP contribution in [0.2, 0.25) is 0 Å². The van der Waals surface area contributed by atoms with E-state index in [9.17, 15) is 19.7 Å². The Bertz CT molecular complexity index is 831. The molecule has 0 radical (unpaired) electrons. The lowest BCUT2D eigenvalue weighted by Gasteiger charge is -2.19. The predicted molar refractivity (Wildman–Crippen MR) is 106 cm³/mol. The number of nitro benzene ring substituents is 1. The topological polar surface area (TPSA) is 111 Å². The van der Waals surface area contributed by atoms with Crippen molar-refractivity contribution in [3.05, 3.63) is 70.3 Å². The lowest BCUT2D eigenvalue weighted by molar-refractivity contribution is -0.387. The zero-order valence-corrected chi connectivity index (χ0v) is 16.3. The van der Waals surface area contributed by atoms with Gasteiger partial charge in [-0.15, -0.1) is 0 Å². The molecule has 0 saturated carbocycles. The lowest BCUT2D eigenvalue weighted by atomic mass is 10.1. The normalized spacial score (nSPS) is 12.6. The molecule has 0 aromatic heterocycles. The number of carbonyl (C=O) groups is 2. The Kier molecular flexibility index (Phi) is 7.97. The molecular weight excluding hydrogens is 382 g/mol. The Hall–Kier alpha value is -2.91. The van der Waals surface area contributed by atoms with Gasteiger partial charge in [-0.2, -0.15) is 0 Å². The van der Waals surface area contributed by atoms with Crippen LogP contribution in [0.15, 0.2) is 59.5 Å².